The summed E-state index contributed by atoms with van der Waals surface area (Å²) in [6.07, 6.45) is 1.39. The zero-order valence-corrected chi connectivity index (χ0v) is 11.2. The molecule has 3 N–H and O–H groups in total. The van der Waals surface area contributed by atoms with E-state index in [-0.39, 0.29) is 11.7 Å². The highest BCUT2D eigenvalue weighted by Gasteiger charge is 2.29. The third-order valence-electron chi connectivity index (χ3n) is 3.91. The lowest BCUT2D eigenvalue weighted by atomic mass is 9.91. The van der Waals surface area contributed by atoms with Crippen LogP contribution in [-0.4, -0.2) is 29.7 Å². The van der Waals surface area contributed by atoms with Gasteiger partial charge in [-0.3, -0.25) is 0 Å². The first kappa shape index (κ1) is 12.4. The first-order valence-corrected chi connectivity index (χ1v) is 6.68. The van der Waals surface area contributed by atoms with E-state index in [1.165, 1.54) is 5.56 Å². The third-order valence-corrected chi connectivity index (χ3v) is 3.91. The van der Waals surface area contributed by atoms with Crippen LogP contribution in [0.1, 0.15) is 24.9 Å². The Kier molecular flexibility index (Phi) is 3.16. The molecule has 102 valence electrons. The van der Waals surface area contributed by atoms with Crippen LogP contribution in [0.4, 0.5) is 0 Å². The first-order valence-electron chi connectivity index (χ1n) is 6.68. The number of fused-ring (bicyclic) bond motifs is 1. The molecular formula is C14H19N3O2. The number of ether oxygens (including phenoxy) is 1. The number of hydrogen-bond acceptors (Lipinski definition) is 3. The van der Waals surface area contributed by atoms with Crippen molar-refractivity contribution in [3.8, 4) is 0 Å². The minimum atomic E-state index is -0.161. The number of imidazole rings is 1. The molecule has 1 fully saturated rings. The molecule has 1 aromatic carbocycles. The summed E-state index contributed by atoms with van der Waals surface area (Å²) in [5, 5.41) is 3.37. The van der Waals surface area contributed by atoms with Gasteiger partial charge in [-0.1, -0.05) is 6.07 Å². The molecule has 0 bridgehead atoms. The van der Waals surface area contributed by atoms with Gasteiger partial charge in [0, 0.05) is 12.0 Å². The number of H-pyrrole nitrogens is 2. The SMILES string of the molecule is CNC(c1ccc2[nH]c(=O)[nH]c2c1)C1COC(C)C1. The molecule has 19 heavy (non-hydrogen) atoms. The zero-order chi connectivity index (χ0) is 13.4. The minimum absolute atomic E-state index is 0.161. The van der Waals surface area contributed by atoms with Crippen molar-refractivity contribution in [1.82, 2.24) is 15.3 Å². The van der Waals surface area contributed by atoms with Gasteiger partial charge < -0.3 is 20.0 Å². The van der Waals surface area contributed by atoms with E-state index in [4.69, 9.17) is 4.74 Å². The van der Waals surface area contributed by atoms with Gasteiger partial charge in [0.2, 0.25) is 0 Å². The second kappa shape index (κ2) is 4.83. The molecule has 3 atom stereocenters. The fraction of sp³-hybridized carbons (Fsp3) is 0.500. The number of rotatable bonds is 3. The van der Waals surface area contributed by atoms with E-state index < -0.39 is 0 Å². The molecule has 5 nitrogen and oxygen atoms in total. The largest absolute Gasteiger partial charge is 0.378 e. The van der Waals surface area contributed by atoms with Crippen LogP contribution in [-0.2, 0) is 4.74 Å². The highest BCUT2D eigenvalue weighted by molar-refractivity contribution is 5.75. The molecule has 1 saturated heterocycles. The highest BCUT2D eigenvalue weighted by atomic mass is 16.5. The van der Waals surface area contributed by atoms with Crippen molar-refractivity contribution in [3.05, 3.63) is 34.2 Å². The van der Waals surface area contributed by atoms with Gasteiger partial charge in [-0.2, -0.15) is 0 Å². The van der Waals surface area contributed by atoms with Crippen LogP contribution in [0.25, 0.3) is 11.0 Å². The van der Waals surface area contributed by atoms with E-state index in [9.17, 15) is 4.79 Å². The van der Waals surface area contributed by atoms with Gasteiger partial charge in [-0.25, -0.2) is 4.79 Å². The molecule has 0 aliphatic carbocycles. The number of aromatic nitrogens is 2. The molecule has 0 saturated carbocycles. The maximum atomic E-state index is 11.3. The summed E-state index contributed by atoms with van der Waals surface area (Å²) in [5.41, 5.74) is 2.73. The molecular weight excluding hydrogens is 242 g/mol. The standard InChI is InChI=1S/C14H19N3O2/c1-8-5-10(7-19-8)13(15-2)9-3-4-11-12(6-9)17-14(18)16-11/h3-4,6,8,10,13,15H,5,7H2,1-2H3,(H2,16,17,18). The third kappa shape index (κ3) is 2.31. The molecule has 0 amide bonds. The lowest BCUT2D eigenvalue weighted by molar-refractivity contribution is 0.117. The van der Waals surface area contributed by atoms with Crippen molar-refractivity contribution in [3.63, 3.8) is 0 Å². The van der Waals surface area contributed by atoms with Crippen LogP contribution in [0.15, 0.2) is 23.0 Å². The van der Waals surface area contributed by atoms with Gasteiger partial charge in [-0.15, -0.1) is 0 Å². The van der Waals surface area contributed by atoms with Gasteiger partial charge in [-0.05, 0) is 38.1 Å². The normalized spacial score (nSPS) is 24.9. The van der Waals surface area contributed by atoms with Crippen molar-refractivity contribution in [2.75, 3.05) is 13.7 Å². The lowest BCUT2D eigenvalue weighted by Crippen LogP contribution is -2.25. The minimum Gasteiger partial charge on any atom is -0.378 e. The average Bonchev–Trinajstić information content (AvgIpc) is 2.95. The van der Waals surface area contributed by atoms with E-state index in [2.05, 4.69) is 28.3 Å². The fourth-order valence-electron chi connectivity index (χ4n) is 3.00. The number of benzene rings is 1. The Labute approximate surface area is 111 Å². The molecule has 2 heterocycles. The van der Waals surface area contributed by atoms with Gasteiger partial charge in [0.1, 0.15) is 0 Å². The predicted octanol–water partition coefficient (Wildman–Crippen LogP) is 1.54. The summed E-state index contributed by atoms with van der Waals surface area (Å²) in [7, 11) is 1.97. The van der Waals surface area contributed by atoms with Crippen LogP contribution in [0.3, 0.4) is 0 Å². The van der Waals surface area contributed by atoms with E-state index in [1.54, 1.807) is 0 Å². The van der Waals surface area contributed by atoms with E-state index >= 15 is 0 Å². The monoisotopic (exact) mass is 261 g/mol. The van der Waals surface area contributed by atoms with E-state index in [0.717, 1.165) is 24.1 Å². The molecule has 0 spiro atoms. The fourth-order valence-corrected chi connectivity index (χ4v) is 3.00. The van der Waals surface area contributed by atoms with Crippen LogP contribution in [0, 0.1) is 5.92 Å². The second-order valence-electron chi connectivity index (χ2n) is 5.29. The van der Waals surface area contributed by atoms with E-state index in [0.29, 0.717) is 12.0 Å². The van der Waals surface area contributed by atoms with Crippen LogP contribution < -0.4 is 11.0 Å². The molecule has 5 heteroatoms. The average molecular weight is 261 g/mol. The van der Waals surface area contributed by atoms with Gasteiger partial charge in [0.05, 0.1) is 23.7 Å². The van der Waals surface area contributed by atoms with Crippen LogP contribution in [0.2, 0.25) is 0 Å². The second-order valence-corrected chi connectivity index (χ2v) is 5.29. The molecule has 1 aliphatic rings. The smallest absolute Gasteiger partial charge is 0.323 e. The van der Waals surface area contributed by atoms with Crippen LogP contribution >= 0.6 is 0 Å². The molecule has 1 aromatic heterocycles. The zero-order valence-electron chi connectivity index (χ0n) is 11.2. The van der Waals surface area contributed by atoms with Crippen molar-refractivity contribution in [2.45, 2.75) is 25.5 Å². The summed E-state index contributed by atoms with van der Waals surface area (Å²) in [5.74, 6) is 0.475. The Bertz CT molecular complexity index is 631. The molecule has 3 rings (SSSR count). The molecule has 0 radical (unpaired) electrons. The summed E-state index contributed by atoms with van der Waals surface area (Å²) >= 11 is 0. The van der Waals surface area contributed by atoms with Crippen molar-refractivity contribution in [1.29, 1.82) is 0 Å². The molecule has 3 unspecified atom stereocenters. The van der Waals surface area contributed by atoms with E-state index in [1.807, 2.05) is 19.2 Å². The molecule has 2 aromatic rings. The Morgan fingerprint density at radius 1 is 1.37 bits per heavy atom. The van der Waals surface area contributed by atoms with Gasteiger partial charge in [0.15, 0.2) is 0 Å². The van der Waals surface area contributed by atoms with Crippen molar-refractivity contribution < 1.29 is 4.74 Å². The Balaban J connectivity index is 1.94. The maximum absolute atomic E-state index is 11.3. The van der Waals surface area contributed by atoms with Crippen LogP contribution in [0.5, 0.6) is 0 Å². The lowest BCUT2D eigenvalue weighted by Gasteiger charge is -2.22. The topological polar surface area (TPSA) is 69.9 Å². The number of nitrogens with one attached hydrogen (secondary N) is 3. The Morgan fingerprint density at radius 3 is 2.84 bits per heavy atom. The van der Waals surface area contributed by atoms with Gasteiger partial charge in [0.25, 0.3) is 0 Å². The van der Waals surface area contributed by atoms with Crippen molar-refractivity contribution in [2.24, 2.45) is 5.92 Å². The summed E-state index contributed by atoms with van der Waals surface area (Å²) < 4.78 is 5.66. The highest BCUT2D eigenvalue weighted by Crippen LogP contribution is 2.32. The Hall–Kier alpha value is -1.59. The summed E-state index contributed by atoms with van der Waals surface area (Å²) in [4.78, 5) is 16.9. The predicted molar refractivity (Wildman–Crippen MR) is 74.2 cm³/mol. The van der Waals surface area contributed by atoms with Gasteiger partial charge >= 0.3 is 5.69 Å². The maximum Gasteiger partial charge on any atom is 0.323 e. The molecule has 1 aliphatic heterocycles. The first-order chi connectivity index (χ1) is 9.17. The number of hydrogen-bond donors (Lipinski definition) is 3. The summed E-state index contributed by atoms with van der Waals surface area (Å²) in [6, 6.07) is 6.31. The van der Waals surface area contributed by atoms with Crippen molar-refractivity contribution >= 4 is 11.0 Å². The Morgan fingerprint density at radius 2 is 2.16 bits per heavy atom. The quantitative estimate of drug-likeness (QED) is 0.785. The summed E-state index contributed by atoms with van der Waals surface area (Å²) in [6.45, 7) is 2.90. The number of aromatic amines is 2.